The summed E-state index contributed by atoms with van der Waals surface area (Å²) in [7, 11) is 0. The standard InChI is InChI=1S/C14H19NO3/c1-10-5-6-12(8-11(10)2)9-13(16)15-7-3-4-14(17)18/h5-6,8H,3-4,7,9H2,1-2H3,(H,15,16)(H,17,18). The Morgan fingerprint density at radius 3 is 2.56 bits per heavy atom. The summed E-state index contributed by atoms with van der Waals surface area (Å²) in [5.74, 6) is -0.901. The Balaban J connectivity index is 2.35. The number of carboxylic acid groups (broad SMARTS) is 1. The van der Waals surface area contributed by atoms with Crippen molar-refractivity contribution in [3.05, 3.63) is 34.9 Å². The molecule has 0 spiro atoms. The molecule has 98 valence electrons. The Bertz CT molecular complexity index is 441. The number of amides is 1. The molecule has 0 bridgehead atoms. The fraction of sp³-hybridized carbons (Fsp3) is 0.429. The number of carbonyl (C=O) groups is 2. The van der Waals surface area contributed by atoms with E-state index in [4.69, 9.17) is 5.11 Å². The number of aliphatic carboxylic acids is 1. The van der Waals surface area contributed by atoms with E-state index in [1.54, 1.807) is 0 Å². The van der Waals surface area contributed by atoms with Crippen LogP contribution in [0.1, 0.15) is 29.5 Å². The van der Waals surface area contributed by atoms with Crippen molar-refractivity contribution in [3.8, 4) is 0 Å². The van der Waals surface area contributed by atoms with E-state index in [-0.39, 0.29) is 12.3 Å². The smallest absolute Gasteiger partial charge is 0.303 e. The molecular formula is C14H19NO3. The minimum atomic E-state index is -0.835. The Hall–Kier alpha value is -1.84. The summed E-state index contributed by atoms with van der Waals surface area (Å²) >= 11 is 0. The Morgan fingerprint density at radius 1 is 1.22 bits per heavy atom. The molecule has 1 rings (SSSR count). The SMILES string of the molecule is Cc1ccc(CC(=O)NCCCC(=O)O)cc1C. The molecule has 1 aromatic carbocycles. The van der Waals surface area contributed by atoms with Crippen molar-refractivity contribution >= 4 is 11.9 Å². The summed E-state index contributed by atoms with van der Waals surface area (Å²) in [6.07, 6.45) is 0.895. The molecule has 0 saturated carbocycles. The van der Waals surface area contributed by atoms with Crippen molar-refractivity contribution < 1.29 is 14.7 Å². The molecule has 0 saturated heterocycles. The lowest BCUT2D eigenvalue weighted by molar-refractivity contribution is -0.137. The minimum Gasteiger partial charge on any atom is -0.481 e. The van der Waals surface area contributed by atoms with Crippen molar-refractivity contribution in [1.29, 1.82) is 0 Å². The van der Waals surface area contributed by atoms with Gasteiger partial charge in [0, 0.05) is 13.0 Å². The first-order chi connectivity index (χ1) is 8.49. The predicted octanol–water partition coefficient (Wildman–Crippen LogP) is 1.83. The van der Waals surface area contributed by atoms with Gasteiger partial charge in [0.15, 0.2) is 0 Å². The highest BCUT2D eigenvalue weighted by molar-refractivity contribution is 5.78. The van der Waals surface area contributed by atoms with Crippen LogP contribution < -0.4 is 5.32 Å². The van der Waals surface area contributed by atoms with Gasteiger partial charge in [-0.2, -0.15) is 0 Å². The van der Waals surface area contributed by atoms with Gasteiger partial charge in [0.25, 0.3) is 0 Å². The van der Waals surface area contributed by atoms with Gasteiger partial charge >= 0.3 is 5.97 Å². The van der Waals surface area contributed by atoms with Crippen LogP contribution in [-0.2, 0) is 16.0 Å². The van der Waals surface area contributed by atoms with Crippen LogP contribution in [-0.4, -0.2) is 23.5 Å². The van der Waals surface area contributed by atoms with E-state index in [0.717, 1.165) is 5.56 Å². The fourth-order valence-corrected chi connectivity index (χ4v) is 1.63. The second-order valence-electron chi connectivity index (χ2n) is 4.44. The quantitative estimate of drug-likeness (QED) is 0.756. The van der Waals surface area contributed by atoms with E-state index in [1.165, 1.54) is 11.1 Å². The number of aryl methyl sites for hydroxylation is 2. The highest BCUT2D eigenvalue weighted by atomic mass is 16.4. The average Bonchev–Trinajstić information content (AvgIpc) is 2.29. The lowest BCUT2D eigenvalue weighted by Crippen LogP contribution is -2.26. The van der Waals surface area contributed by atoms with Crippen LogP contribution >= 0.6 is 0 Å². The number of nitrogens with one attached hydrogen (secondary N) is 1. The van der Waals surface area contributed by atoms with Crippen LogP contribution in [0.25, 0.3) is 0 Å². The Morgan fingerprint density at radius 2 is 1.94 bits per heavy atom. The van der Waals surface area contributed by atoms with E-state index in [9.17, 15) is 9.59 Å². The van der Waals surface area contributed by atoms with Gasteiger partial charge in [-0.15, -0.1) is 0 Å². The largest absolute Gasteiger partial charge is 0.481 e. The van der Waals surface area contributed by atoms with Crippen molar-refractivity contribution in [2.24, 2.45) is 0 Å². The van der Waals surface area contributed by atoms with E-state index in [2.05, 4.69) is 5.32 Å². The van der Waals surface area contributed by atoms with E-state index in [1.807, 2.05) is 32.0 Å². The first-order valence-electron chi connectivity index (χ1n) is 6.03. The van der Waals surface area contributed by atoms with Crippen LogP contribution in [0.5, 0.6) is 0 Å². The molecule has 0 aliphatic rings. The zero-order chi connectivity index (χ0) is 13.5. The maximum absolute atomic E-state index is 11.6. The van der Waals surface area contributed by atoms with Crippen LogP contribution in [0.15, 0.2) is 18.2 Å². The molecule has 0 atom stereocenters. The van der Waals surface area contributed by atoms with Gasteiger partial charge in [0.05, 0.1) is 6.42 Å². The molecule has 0 fully saturated rings. The molecule has 4 heteroatoms. The topological polar surface area (TPSA) is 66.4 Å². The summed E-state index contributed by atoms with van der Waals surface area (Å²) in [4.78, 5) is 21.9. The van der Waals surface area contributed by atoms with Crippen LogP contribution in [0.3, 0.4) is 0 Å². The average molecular weight is 249 g/mol. The number of hydrogen-bond acceptors (Lipinski definition) is 2. The maximum Gasteiger partial charge on any atom is 0.303 e. The number of hydrogen-bond donors (Lipinski definition) is 2. The summed E-state index contributed by atoms with van der Waals surface area (Å²) in [5, 5.41) is 11.2. The lowest BCUT2D eigenvalue weighted by atomic mass is 10.0. The van der Waals surface area contributed by atoms with Crippen molar-refractivity contribution in [2.75, 3.05) is 6.54 Å². The van der Waals surface area contributed by atoms with E-state index in [0.29, 0.717) is 19.4 Å². The molecule has 0 unspecified atom stereocenters. The highest BCUT2D eigenvalue weighted by Gasteiger charge is 2.04. The lowest BCUT2D eigenvalue weighted by Gasteiger charge is -2.06. The third-order valence-electron chi connectivity index (χ3n) is 2.83. The van der Waals surface area contributed by atoms with Gasteiger partial charge < -0.3 is 10.4 Å². The molecule has 0 aromatic heterocycles. The van der Waals surface area contributed by atoms with Gasteiger partial charge in [-0.3, -0.25) is 9.59 Å². The number of carboxylic acids is 1. The van der Waals surface area contributed by atoms with Gasteiger partial charge in [-0.25, -0.2) is 0 Å². The molecule has 1 amide bonds. The third-order valence-corrected chi connectivity index (χ3v) is 2.83. The van der Waals surface area contributed by atoms with E-state index >= 15 is 0 Å². The Kier molecular flexibility index (Phi) is 5.36. The second kappa shape index (κ2) is 6.79. The summed E-state index contributed by atoms with van der Waals surface area (Å²) in [5.41, 5.74) is 3.36. The molecular weight excluding hydrogens is 230 g/mol. The molecule has 2 N–H and O–H groups in total. The van der Waals surface area contributed by atoms with Crippen molar-refractivity contribution in [1.82, 2.24) is 5.32 Å². The zero-order valence-corrected chi connectivity index (χ0v) is 10.8. The van der Waals surface area contributed by atoms with Gasteiger partial charge in [-0.05, 0) is 37.0 Å². The van der Waals surface area contributed by atoms with E-state index < -0.39 is 5.97 Å². The molecule has 0 aliphatic heterocycles. The summed E-state index contributed by atoms with van der Waals surface area (Å²) in [6, 6.07) is 5.95. The van der Waals surface area contributed by atoms with Crippen molar-refractivity contribution in [2.45, 2.75) is 33.1 Å². The van der Waals surface area contributed by atoms with Crippen molar-refractivity contribution in [3.63, 3.8) is 0 Å². The molecule has 4 nitrogen and oxygen atoms in total. The van der Waals surface area contributed by atoms with Crippen LogP contribution in [0.2, 0.25) is 0 Å². The van der Waals surface area contributed by atoms with Gasteiger partial charge in [0.2, 0.25) is 5.91 Å². The minimum absolute atomic E-state index is 0.0661. The highest BCUT2D eigenvalue weighted by Crippen LogP contribution is 2.10. The molecule has 0 radical (unpaired) electrons. The zero-order valence-electron chi connectivity index (χ0n) is 10.8. The monoisotopic (exact) mass is 249 g/mol. The normalized spacial score (nSPS) is 10.1. The molecule has 1 aromatic rings. The summed E-state index contributed by atoms with van der Waals surface area (Å²) < 4.78 is 0. The van der Waals surface area contributed by atoms with Crippen LogP contribution in [0.4, 0.5) is 0 Å². The molecule has 0 heterocycles. The predicted molar refractivity (Wildman–Crippen MR) is 69.5 cm³/mol. The number of carbonyl (C=O) groups excluding carboxylic acids is 1. The maximum atomic E-state index is 11.6. The summed E-state index contributed by atoms with van der Waals surface area (Å²) in [6.45, 7) is 4.46. The Labute approximate surface area is 107 Å². The van der Waals surface area contributed by atoms with Gasteiger partial charge in [0.1, 0.15) is 0 Å². The fourth-order valence-electron chi connectivity index (χ4n) is 1.63. The second-order valence-corrected chi connectivity index (χ2v) is 4.44. The third kappa shape index (κ3) is 4.99. The van der Waals surface area contributed by atoms with Gasteiger partial charge in [-0.1, -0.05) is 18.2 Å². The molecule has 18 heavy (non-hydrogen) atoms. The number of benzene rings is 1. The first kappa shape index (κ1) is 14.2. The van der Waals surface area contributed by atoms with Crippen LogP contribution in [0, 0.1) is 13.8 Å². The molecule has 0 aliphatic carbocycles. The number of rotatable bonds is 6. The first-order valence-corrected chi connectivity index (χ1v) is 6.03.